The van der Waals surface area contributed by atoms with Gasteiger partial charge in [-0.3, -0.25) is 4.98 Å². The second kappa shape index (κ2) is 8.48. The molecule has 1 aliphatic heterocycles. The van der Waals surface area contributed by atoms with Crippen molar-refractivity contribution in [2.45, 2.75) is 31.9 Å². The first kappa shape index (κ1) is 17.2. The molecule has 1 fully saturated rings. The Balaban J connectivity index is 1.51. The third kappa shape index (κ3) is 5.19. The summed E-state index contributed by atoms with van der Waals surface area (Å²) >= 11 is 0. The van der Waals surface area contributed by atoms with Gasteiger partial charge < -0.3 is 20.1 Å². The lowest BCUT2D eigenvalue weighted by atomic mass is 10.1. The Bertz CT molecular complexity index is 687. The number of aromatic nitrogens is 1. The molecule has 6 heteroatoms. The highest BCUT2D eigenvalue weighted by molar-refractivity contribution is 5.89. The standard InChI is InChI=1S/C19H23N3O3/c1-14(15-5-3-9-20-12-15)21-19(23)22-16-6-2-7-17(11-16)25-13-18-8-4-10-24-18/h2-3,5-7,9,11-12,14,18H,4,8,10,13H2,1H3,(H2,21,22,23)/t14-,18-/m1/s1. The zero-order chi connectivity index (χ0) is 17.5. The molecule has 1 aromatic carbocycles. The van der Waals surface area contributed by atoms with Gasteiger partial charge in [0.15, 0.2) is 0 Å². The molecule has 0 spiro atoms. The summed E-state index contributed by atoms with van der Waals surface area (Å²) < 4.78 is 11.3. The minimum Gasteiger partial charge on any atom is -0.491 e. The Kier molecular flexibility index (Phi) is 5.85. The van der Waals surface area contributed by atoms with E-state index in [-0.39, 0.29) is 18.2 Å². The average molecular weight is 341 g/mol. The molecule has 0 saturated carbocycles. The van der Waals surface area contributed by atoms with Crippen molar-refractivity contribution < 1.29 is 14.3 Å². The van der Waals surface area contributed by atoms with Crippen LogP contribution in [0.3, 0.4) is 0 Å². The first-order valence-corrected chi connectivity index (χ1v) is 8.52. The van der Waals surface area contributed by atoms with E-state index in [4.69, 9.17) is 9.47 Å². The van der Waals surface area contributed by atoms with E-state index in [1.165, 1.54) is 0 Å². The fraction of sp³-hybridized carbons (Fsp3) is 0.368. The van der Waals surface area contributed by atoms with Crippen LogP contribution >= 0.6 is 0 Å². The summed E-state index contributed by atoms with van der Waals surface area (Å²) in [5, 5.41) is 5.72. The summed E-state index contributed by atoms with van der Waals surface area (Å²) in [6, 6.07) is 10.7. The van der Waals surface area contributed by atoms with Crippen LogP contribution < -0.4 is 15.4 Å². The Morgan fingerprint density at radius 1 is 1.40 bits per heavy atom. The molecular formula is C19H23N3O3. The third-order valence-corrected chi connectivity index (χ3v) is 4.08. The van der Waals surface area contributed by atoms with Gasteiger partial charge in [0, 0.05) is 30.8 Å². The van der Waals surface area contributed by atoms with Gasteiger partial charge in [0.25, 0.3) is 0 Å². The number of hydrogen-bond acceptors (Lipinski definition) is 4. The topological polar surface area (TPSA) is 72.5 Å². The molecule has 2 aromatic rings. The minimum absolute atomic E-state index is 0.132. The maximum Gasteiger partial charge on any atom is 0.319 e. The van der Waals surface area contributed by atoms with Gasteiger partial charge in [0.2, 0.25) is 0 Å². The van der Waals surface area contributed by atoms with Crippen LogP contribution in [0, 0.1) is 0 Å². The molecule has 1 aromatic heterocycles. The van der Waals surface area contributed by atoms with Crippen molar-refractivity contribution in [1.29, 1.82) is 0 Å². The van der Waals surface area contributed by atoms with E-state index in [1.54, 1.807) is 12.4 Å². The fourth-order valence-electron chi connectivity index (χ4n) is 2.71. The number of carbonyl (C=O) groups is 1. The van der Waals surface area contributed by atoms with Gasteiger partial charge in [-0.05, 0) is 43.5 Å². The molecule has 25 heavy (non-hydrogen) atoms. The molecule has 2 N–H and O–H groups in total. The summed E-state index contributed by atoms with van der Waals surface area (Å²) in [6.45, 7) is 3.26. The molecule has 0 bridgehead atoms. The van der Waals surface area contributed by atoms with E-state index in [0.29, 0.717) is 18.0 Å². The van der Waals surface area contributed by atoms with E-state index in [2.05, 4.69) is 15.6 Å². The number of hydrogen-bond donors (Lipinski definition) is 2. The quantitative estimate of drug-likeness (QED) is 0.843. The number of rotatable bonds is 6. The van der Waals surface area contributed by atoms with Crippen LogP contribution in [0.2, 0.25) is 0 Å². The molecular weight excluding hydrogens is 318 g/mol. The zero-order valence-electron chi connectivity index (χ0n) is 14.3. The average Bonchev–Trinajstić information content (AvgIpc) is 3.14. The Hall–Kier alpha value is -2.60. The summed E-state index contributed by atoms with van der Waals surface area (Å²) in [7, 11) is 0. The van der Waals surface area contributed by atoms with Crippen molar-refractivity contribution in [1.82, 2.24) is 10.3 Å². The monoisotopic (exact) mass is 341 g/mol. The van der Waals surface area contributed by atoms with Crippen molar-refractivity contribution in [3.63, 3.8) is 0 Å². The van der Waals surface area contributed by atoms with Crippen molar-refractivity contribution in [3.05, 3.63) is 54.4 Å². The van der Waals surface area contributed by atoms with E-state index >= 15 is 0 Å². The van der Waals surface area contributed by atoms with Gasteiger partial charge in [0.1, 0.15) is 12.4 Å². The molecule has 0 aliphatic carbocycles. The number of amides is 2. The molecule has 2 atom stereocenters. The van der Waals surface area contributed by atoms with E-state index in [1.807, 2.05) is 43.3 Å². The molecule has 132 valence electrons. The minimum atomic E-state index is -0.271. The Morgan fingerprint density at radius 3 is 3.08 bits per heavy atom. The molecule has 2 heterocycles. The van der Waals surface area contributed by atoms with E-state index in [9.17, 15) is 4.79 Å². The largest absolute Gasteiger partial charge is 0.491 e. The number of pyridine rings is 1. The number of anilines is 1. The fourth-order valence-corrected chi connectivity index (χ4v) is 2.71. The first-order chi connectivity index (χ1) is 12.2. The first-order valence-electron chi connectivity index (χ1n) is 8.52. The number of ether oxygens (including phenoxy) is 2. The zero-order valence-corrected chi connectivity index (χ0v) is 14.3. The Labute approximate surface area is 147 Å². The van der Waals surface area contributed by atoms with Gasteiger partial charge in [-0.1, -0.05) is 12.1 Å². The van der Waals surface area contributed by atoms with Gasteiger partial charge in [-0.15, -0.1) is 0 Å². The molecule has 2 amide bonds. The molecule has 1 saturated heterocycles. The summed E-state index contributed by atoms with van der Waals surface area (Å²) in [5.41, 5.74) is 1.63. The number of nitrogens with one attached hydrogen (secondary N) is 2. The van der Waals surface area contributed by atoms with Crippen molar-refractivity contribution in [3.8, 4) is 5.75 Å². The lowest BCUT2D eigenvalue weighted by Crippen LogP contribution is -2.31. The third-order valence-electron chi connectivity index (χ3n) is 4.08. The molecule has 1 aliphatic rings. The summed E-state index contributed by atoms with van der Waals surface area (Å²) in [6.07, 6.45) is 5.74. The van der Waals surface area contributed by atoms with Crippen molar-refractivity contribution >= 4 is 11.7 Å². The highest BCUT2D eigenvalue weighted by atomic mass is 16.5. The SMILES string of the molecule is C[C@@H](NC(=O)Nc1cccc(OC[C@H]2CCCO2)c1)c1cccnc1. The Morgan fingerprint density at radius 2 is 2.32 bits per heavy atom. The molecule has 0 radical (unpaired) electrons. The van der Waals surface area contributed by atoms with Crippen LogP contribution in [0.5, 0.6) is 5.75 Å². The van der Waals surface area contributed by atoms with Gasteiger partial charge >= 0.3 is 6.03 Å². The van der Waals surface area contributed by atoms with Crippen LogP contribution in [0.15, 0.2) is 48.8 Å². The van der Waals surface area contributed by atoms with Crippen LogP contribution in [-0.4, -0.2) is 30.3 Å². The van der Waals surface area contributed by atoms with Crippen LogP contribution in [0.1, 0.15) is 31.4 Å². The van der Waals surface area contributed by atoms with Gasteiger partial charge in [-0.2, -0.15) is 0 Å². The number of benzene rings is 1. The van der Waals surface area contributed by atoms with Crippen LogP contribution in [-0.2, 0) is 4.74 Å². The molecule has 6 nitrogen and oxygen atoms in total. The summed E-state index contributed by atoms with van der Waals surface area (Å²) in [5.74, 6) is 0.716. The summed E-state index contributed by atoms with van der Waals surface area (Å²) in [4.78, 5) is 16.2. The normalized spacial score (nSPS) is 17.7. The second-order valence-corrected chi connectivity index (χ2v) is 6.08. The van der Waals surface area contributed by atoms with Crippen LogP contribution in [0.25, 0.3) is 0 Å². The molecule has 3 rings (SSSR count). The van der Waals surface area contributed by atoms with Crippen molar-refractivity contribution in [2.24, 2.45) is 0 Å². The smallest absolute Gasteiger partial charge is 0.319 e. The van der Waals surface area contributed by atoms with Crippen LogP contribution in [0.4, 0.5) is 10.5 Å². The maximum atomic E-state index is 12.2. The van der Waals surface area contributed by atoms with E-state index in [0.717, 1.165) is 25.0 Å². The predicted octanol–water partition coefficient (Wildman–Crippen LogP) is 3.52. The number of carbonyl (C=O) groups excluding carboxylic acids is 1. The highest BCUT2D eigenvalue weighted by Crippen LogP contribution is 2.20. The van der Waals surface area contributed by atoms with Crippen molar-refractivity contribution in [2.75, 3.05) is 18.5 Å². The number of nitrogens with zero attached hydrogens (tertiary/aromatic N) is 1. The maximum absolute atomic E-state index is 12.2. The predicted molar refractivity (Wildman–Crippen MR) is 95.7 cm³/mol. The van der Waals surface area contributed by atoms with Gasteiger partial charge in [-0.25, -0.2) is 4.79 Å². The lowest BCUT2D eigenvalue weighted by molar-refractivity contribution is 0.0680. The second-order valence-electron chi connectivity index (χ2n) is 6.08. The van der Waals surface area contributed by atoms with Gasteiger partial charge in [0.05, 0.1) is 12.1 Å². The highest BCUT2D eigenvalue weighted by Gasteiger charge is 2.16. The molecule has 0 unspecified atom stereocenters. The van der Waals surface area contributed by atoms with E-state index < -0.39 is 0 Å². The lowest BCUT2D eigenvalue weighted by Gasteiger charge is -2.15. The number of urea groups is 1.